The largest absolute Gasteiger partial charge is 0.397 e. The number of hydrogen-bond acceptors (Lipinski definition) is 5. The van der Waals surface area contributed by atoms with Crippen molar-refractivity contribution in [1.82, 2.24) is 10.3 Å². The first-order chi connectivity index (χ1) is 8.65. The Kier molecular flexibility index (Phi) is 2.61. The normalized spacial score (nSPS) is 24.7. The summed E-state index contributed by atoms with van der Waals surface area (Å²) < 4.78 is 4.82. The highest BCUT2D eigenvalue weighted by Crippen LogP contribution is 2.32. The molecule has 5 nitrogen and oxygen atoms in total. The van der Waals surface area contributed by atoms with E-state index in [9.17, 15) is 0 Å². The van der Waals surface area contributed by atoms with Gasteiger partial charge in [0, 0.05) is 13.1 Å². The maximum Gasteiger partial charge on any atom is 0.160 e. The van der Waals surface area contributed by atoms with Gasteiger partial charge in [-0.2, -0.15) is 0 Å². The SMILES string of the molecule is CC1CC(C)CN(c2ccc(N)c3nonc23)C1. The first-order valence-corrected chi connectivity index (χ1v) is 6.41. The van der Waals surface area contributed by atoms with E-state index in [4.69, 9.17) is 10.4 Å². The van der Waals surface area contributed by atoms with Crippen molar-refractivity contribution < 1.29 is 4.63 Å². The first kappa shape index (κ1) is 11.3. The molecular weight excluding hydrogens is 228 g/mol. The van der Waals surface area contributed by atoms with Gasteiger partial charge in [0.1, 0.15) is 0 Å². The fraction of sp³-hybridized carbons (Fsp3) is 0.538. The molecule has 2 unspecified atom stereocenters. The predicted molar refractivity (Wildman–Crippen MR) is 71.4 cm³/mol. The molecule has 0 radical (unpaired) electrons. The number of benzene rings is 1. The van der Waals surface area contributed by atoms with E-state index in [1.807, 2.05) is 12.1 Å². The van der Waals surface area contributed by atoms with E-state index in [1.165, 1.54) is 6.42 Å². The molecule has 0 bridgehead atoms. The highest BCUT2D eigenvalue weighted by molar-refractivity contribution is 5.95. The lowest BCUT2D eigenvalue weighted by atomic mass is 9.91. The van der Waals surface area contributed by atoms with Crippen molar-refractivity contribution in [3.8, 4) is 0 Å². The second kappa shape index (κ2) is 4.15. The summed E-state index contributed by atoms with van der Waals surface area (Å²) in [7, 11) is 0. The molecule has 1 saturated heterocycles. The highest BCUT2D eigenvalue weighted by Gasteiger charge is 2.24. The van der Waals surface area contributed by atoms with Crippen LogP contribution in [-0.2, 0) is 0 Å². The Morgan fingerprint density at radius 2 is 1.83 bits per heavy atom. The summed E-state index contributed by atoms with van der Waals surface area (Å²) >= 11 is 0. The van der Waals surface area contributed by atoms with Gasteiger partial charge in [-0.3, -0.25) is 0 Å². The third-order valence-corrected chi connectivity index (χ3v) is 3.63. The van der Waals surface area contributed by atoms with Gasteiger partial charge in [0.25, 0.3) is 0 Å². The molecule has 0 spiro atoms. The van der Waals surface area contributed by atoms with E-state index in [-0.39, 0.29) is 0 Å². The van der Waals surface area contributed by atoms with E-state index in [1.54, 1.807) is 0 Å². The second-order valence-electron chi connectivity index (χ2n) is 5.49. The number of nitrogen functional groups attached to an aromatic ring is 1. The third-order valence-electron chi connectivity index (χ3n) is 3.63. The Morgan fingerprint density at radius 3 is 2.56 bits per heavy atom. The standard InChI is InChI=1S/C13H18N4O/c1-8-5-9(2)7-17(6-8)11-4-3-10(14)12-13(11)16-18-15-12/h3-4,8-9H,5-7,14H2,1-2H3. The molecule has 0 amide bonds. The van der Waals surface area contributed by atoms with Crippen molar-refractivity contribution in [2.45, 2.75) is 20.3 Å². The maximum absolute atomic E-state index is 5.87. The van der Waals surface area contributed by atoms with Gasteiger partial charge >= 0.3 is 0 Å². The summed E-state index contributed by atoms with van der Waals surface area (Å²) in [6.45, 7) is 6.68. The van der Waals surface area contributed by atoms with E-state index in [0.717, 1.165) is 24.3 Å². The van der Waals surface area contributed by atoms with E-state index in [0.29, 0.717) is 23.0 Å². The van der Waals surface area contributed by atoms with Gasteiger partial charge in [-0.25, -0.2) is 4.63 Å². The summed E-state index contributed by atoms with van der Waals surface area (Å²) in [5.74, 6) is 1.39. The zero-order valence-electron chi connectivity index (χ0n) is 10.8. The summed E-state index contributed by atoms with van der Waals surface area (Å²) in [5.41, 5.74) is 9.01. The van der Waals surface area contributed by atoms with Gasteiger partial charge in [0.2, 0.25) is 0 Å². The van der Waals surface area contributed by atoms with Crippen LogP contribution in [0.4, 0.5) is 11.4 Å². The van der Waals surface area contributed by atoms with Crippen LogP contribution >= 0.6 is 0 Å². The van der Waals surface area contributed by atoms with Crippen molar-refractivity contribution in [2.24, 2.45) is 11.8 Å². The van der Waals surface area contributed by atoms with Crippen LogP contribution in [0.15, 0.2) is 16.8 Å². The molecule has 0 saturated carbocycles. The molecule has 2 aromatic rings. The van der Waals surface area contributed by atoms with Crippen LogP contribution < -0.4 is 10.6 Å². The average molecular weight is 246 g/mol. The molecule has 2 N–H and O–H groups in total. The van der Waals surface area contributed by atoms with Crippen molar-refractivity contribution in [2.75, 3.05) is 23.7 Å². The van der Waals surface area contributed by atoms with Gasteiger partial charge in [-0.15, -0.1) is 0 Å². The molecule has 18 heavy (non-hydrogen) atoms. The van der Waals surface area contributed by atoms with Crippen LogP contribution in [0.25, 0.3) is 11.0 Å². The Morgan fingerprint density at radius 1 is 1.17 bits per heavy atom. The van der Waals surface area contributed by atoms with Crippen LogP contribution in [0, 0.1) is 11.8 Å². The minimum Gasteiger partial charge on any atom is -0.397 e. The monoisotopic (exact) mass is 246 g/mol. The quantitative estimate of drug-likeness (QED) is 0.782. The smallest absolute Gasteiger partial charge is 0.160 e. The lowest BCUT2D eigenvalue weighted by Crippen LogP contribution is -2.38. The lowest BCUT2D eigenvalue weighted by molar-refractivity contribution is 0.315. The number of nitrogens with two attached hydrogens (primary N) is 1. The van der Waals surface area contributed by atoms with Crippen molar-refractivity contribution in [3.05, 3.63) is 12.1 Å². The molecular formula is C13H18N4O. The fourth-order valence-corrected chi connectivity index (χ4v) is 2.99. The molecule has 1 aromatic carbocycles. The molecule has 3 rings (SSSR count). The number of nitrogens with zero attached hydrogens (tertiary/aromatic N) is 3. The second-order valence-corrected chi connectivity index (χ2v) is 5.49. The van der Waals surface area contributed by atoms with Gasteiger partial charge in [0.05, 0.1) is 11.4 Å². The molecule has 1 aromatic heterocycles. The Labute approximate surface area is 106 Å². The van der Waals surface area contributed by atoms with Crippen LogP contribution in [0.5, 0.6) is 0 Å². The molecule has 0 aliphatic carbocycles. The molecule has 2 atom stereocenters. The first-order valence-electron chi connectivity index (χ1n) is 6.41. The Bertz CT molecular complexity index is 555. The summed E-state index contributed by atoms with van der Waals surface area (Å²) in [6.07, 6.45) is 1.28. The topological polar surface area (TPSA) is 68.2 Å². The number of rotatable bonds is 1. The van der Waals surface area contributed by atoms with Gasteiger partial charge in [-0.1, -0.05) is 13.8 Å². The van der Waals surface area contributed by atoms with Crippen LogP contribution in [0.2, 0.25) is 0 Å². The molecule has 1 fully saturated rings. The summed E-state index contributed by atoms with van der Waals surface area (Å²) in [6, 6.07) is 3.90. The van der Waals surface area contributed by atoms with Crippen molar-refractivity contribution in [3.63, 3.8) is 0 Å². The van der Waals surface area contributed by atoms with Crippen molar-refractivity contribution in [1.29, 1.82) is 0 Å². The van der Waals surface area contributed by atoms with E-state index < -0.39 is 0 Å². The number of hydrogen-bond donors (Lipinski definition) is 1. The molecule has 2 heterocycles. The van der Waals surface area contributed by atoms with Crippen LogP contribution in [0.3, 0.4) is 0 Å². The number of anilines is 2. The zero-order valence-corrected chi connectivity index (χ0v) is 10.8. The molecule has 5 heteroatoms. The van der Waals surface area contributed by atoms with Gasteiger partial charge in [-0.05, 0) is 40.7 Å². The number of aromatic nitrogens is 2. The summed E-state index contributed by atoms with van der Waals surface area (Å²) in [5, 5.41) is 7.87. The number of piperidine rings is 1. The predicted octanol–water partition coefficient (Wildman–Crippen LogP) is 2.29. The Balaban J connectivity index is 2.03. The third kappa shape index (κ3) is 1.79. The Hall–Kier alpha value is -1.78. The molecule has 1 aliphatic heterocycles. The molecule has 1 aliphatic rings. The van der Waals surface area contributed by atoms with Crippen molar-refractivity contribution >= 4 is 22.4 Å². The average Bonchev–Trinajstić information content (AvgIpc) is 2.77. The minimum absolute atomic E-state index is 0.619. The zero-order chi connectivity index (χ0) is 12.7. The number of fused-ring (bicyclic) bond motifs is 1. The highest BCUT2D eigenvalue weighted by atomic mass is 16.6. The maximum atomic E-state index is 5.87. The summed E-state index contributed by atoms with van der Waals surface area (Å²) in [4.78, 5) is 2.37. The van der Waals surface area contributed by atoms with Crippen LogP contribution in [-0.4, -0.2) is 23.4 Å². The van der Waals surface area contributed by atoms with E-state index >= 15 is 0 Å². The minimum atomic E-state index is 0.619. The fourth-order valence-electron chi connectivity index (χ4n) is 2.99. The molecule has 96 valence electrons. The van der Waals surface area contributed by atoms with E-state index in [2.05, 4.69) is 29.1 Å². The van der Waals surface area contributed by atoms with Crippen LogP contribution in [0.1, 0.15) is 20.3 Å². The van der Waals surface area contributed by atoms with Gasteiger partial charge < -0.3 is 10.6 Å². The lowest BCUT2D eigenvalue weighted by Gasteiger charge is -2.36. The van der Waals surface area contributed by atoms with Gasteiger partial charge in [0.15, 0.2) is 11.0 Å².